The van der Waals surface area contributed by atoms with Gasteiger partial charge in [0.25, 0.3) is 0 Å². The highest BCUT2D eigenvalue weighted by atomic mass is 79.9. The number of nitrogens with one attached hydrogen (secondary N) is 1. The van der Waals surface area contributed by atoms with E-state index in [0.29, 0.717) is 17.4 Å². The summed E-state index contributed by atoms with van der Waals surface area (Å²) in [5.74, 6) is 6.50. The first kappa shape index (κ1) is 16.0. The Labute approximate surface area is 130 Å². The van der Waals surface area contributed by atoms with Crippen LogP contribution in [0.2, 0.25) is 0 Å². The van der Waals surface area contributed by atoms with E-state index in [9.17, 15) is 0 Å². The fourth-order valence-corrected chi connectivity index (χ4v) is 4.19. The molecular weight excluding hydrogens is 316 g/mol. The van der Waals surface area contributed by atoms with Crippen molar-refractivity contribution < 1.29 is 0 Å². The molecule has 5 heteroatoms. The second-order valence-electron chi connectivity index (χ2n) is 6.79. The van der Waals surface area contributed by atoms with Crippen molar-refractivity contribution in [2.45, 2.75) is 58.9 Å². The molecule has 2 atom stereocenters. The van der Waals surface area contributed by atoms with Crippen LogP contribution in [0.5, 0.6) is 0 Å². The molecule has 0 aromatic carbocycles. The van der Waals surface area contributed by atoms with Gasteiger partial charge in [0.05, 0.1) is 15.9 Å². The number of hydrogen-bond donors (Lipinski definition) is 2. The molecule has 1 aromatic rings. The van der Waals surface area contributed by atoms with E-state index in [4.69, 9.17) is 5.84 Å². The van der Waals surface area contributed by atoms with Crippen molar-refractivity contribution in [2.75, 3.05) is 0 Å². The highest BCUT2D eigenvalue weighted by Crippen LogP contribution is 2.43. The predicted octanol–water partition coefficient (Wildman–Crippen LogP) is 3.08. The summed E-state index contributed by atoms with van der Waals surface area (Å²) in [7, 11) is 2.01. The third-order valence-electron chi connectivity index (χ3n) is 4.96. The van der Waals surface area contributed by atoms with Gasteiger partial charge >= 0.3 is 0 Å². The van der Waals surface area contributed by atoms with E-state index in [1.807, 2.05) is 18.7 Å². The van der Waals surface area contributed by atoms with Gasteiger partial charge in [0.2, 0.25) is 0 Å². The van der Waals surface area contributed by atoms with Crippen molar-refractivity contribution in [3.05, 3.63) is 15.9 Å². The molecule has 0 spiro atoms. The van der Waals surface area contributed by atoms with Gasteiger partial charge in [0, 0.05) is 19.5 Å². The Morgan fingerprint density at radius 3 is 2.70 bits per heavy atom. The molecule has 1 aromatic heterocycles. The summed E-state index contributed by atoms with van der Waals surface area (Å²) >= 11 is 3.66. The van der Waals surface area contributed by atoms with Crippen LogP contribution in [0.4, 0.5) is 0 Å². The van der Waals surface area contributed by atoms with Crippen molar-refractivity contribution in [3.63, 3.8) is 0 Å². The van der Waals surface area contributed by atoms with Crippen molar-refractivity contribution >= 4 is 15.9 Å². The Kier molecular flexibility index (Phi) is 4.92. The number of halogens is 1. The van der Waals surface area contributed by atoms with Crippen molar-refractivity contribution in [1.29, 1.82) is 0 Å². The number of nitrogens with two attached hydrogens (primary N) is 1. The molecular formula is C15H27BrN4. The standard InChI is InChI=1S/C15H27BrN4/c1-10-14(16)13(20(4)19-10)9-12(18-17)11-7-5-6-8-15(11,2)3/h11-12,18H,5-9,17H2,1-4H3. The third-order valence-corrected chi connectivity index (χ3v) is 6.00. The average Bonchev–Trinajstić information content (AvgIpc) is 2.62. The number of hydrazine groups is 1. The van der Waals surface area contributed by atoms with Gasteiger partial charge in [-0.3, -0.25) is 16.0 Å². The first-order valence-corrected chi connectivity index (χ1v) is 8.30. The normalized spacial score (nSPS) is 23.8. The molecule has 114 valence electrons. The van der Waals surface area contributed by atoms with E-state index in [1.54, 1.807) is 0 Å². The van der Waals surface area contributed by atoms with Crippen LogP contribution in [0.15, 0.2) is 4.47 Å². The molecule has 2 unspecified atom stereocenters. The summed E-state index contributed by atoms with van der Waals surface area (Å²) in [6, 6.07) is 0.302. The SMILES string of the molecule is Cc1nn(C)c(CC(NN)C2CCCCC2(C)C)c1Br. The fourth-order valence-electron chi connectivity index (χ4n) is 3.69. The van der Waals surface area contributed by atoms with Gasteiger partial charge in [0.15, 0.2) is 0 Å². The van der Waals surface area contributed by atoms with Crippen LogP contribution in [0, 0.1) is 18.3 Å². The molecule has 4 nitrogen and oxygen atoms in total. The van der Waals surface area contributed by atoms with Crippen molar-refractivity contribution in [1.82, 2.24) is 15.2 Å². The smallest absolute Gasteiger partial charge is 0.0738 e. The van der Waals surface area contributed by atoms with E-state index in [0.717, 1.165) is 16.6 Å². The molecule has 3 N–H and O–H groups in total. The number of aromatic nitrogens is 2. The zero-order valence-electron chi connectivity index (χ0n) is 13.0. The molecule has 20 heavy (non-hydrogen) atoms. The minimum atomic E-state index is 0.302. The lowest BCUT2D eigenvalue weighted by molar-refractivity contribution is 0.0974. The van der Waals surface area contributed by atoms with Crippen molar-refractivity contribution in [2.24, 2.45) is 24.2 Å². The van der Waals surface area contributed by atoms with Crippen LogP contribution in [0.1, 0.15) is 50.9 Å². The minimum Gasteiger partial charge on any atom is -0.271 e. The van der Waals surface area contributed by atoms with E-state index in [2.05, 4.69) is 40.3 Å². The zero-order valence-corrected chi connectivity index (χ0v) is 14.6. The summed E-state index contributed by atoms with van der Waals surface area (Å²) < 4.78 is 3.09. The summed E-state index contributed by atoms with van der Waals surface area (Å²) in [6.45, 7) is 6.79. The van der Waals surface area contributed by atoms with Gasteiger partial charge in [-0.15, -0.1) is 0 Å². The lowest BCUT2D eigenvalue weighted by atomic mass is 9.65. The molecule has 1 aliphatic rings. The maximum atomic E-state index is 5.88. The molecule has 1 fully saturated rings. The highest BCUT2D eigenvalue weighted by molar-refractivity contribution is 9.10. The molecule has 1 saturated carbocycles. The van der Waals surface area contributed by atoms with E-state index >= 15 is 0 Å². The van der Waals surface area contributed by atoms with Crippen LogP contribution < -0.4 is 11.3 Å². The Bertz CT molecular complexity index is 467. The first-order chi connectivity index (χ1) is 9.36. The van der Waals surface area contributed by atoms with Crippen LogP contribution >= 0.6 is 15.9 Å². The van der Waals surface area contributed by atoms with Gasteiger partial charge in [-0.05, 0) is 47.0 Å². The molecule has 1 aliphatic carbocycles. The summed E-state index contributed by atoms with van der Waals surface area (Å²) in [5, 5.41) is 4.48. The van der Waals surface area contributed by atoms with Gasteiger partial charge in [-0.2, -0.15) is 5.10 Å². The van der Waals surface area contributed by atoms with Gasteiger partial charge in [-0.1, -0.05) is 26.7 Å². The lowest BCUT2D eigenvalue weighted by Gasteiger charge is -2.43. The summed E-state index contributed by atoms with van der Waals surface area (Å²) in [4.78, 5) is 0. The molecule has 2 rings (SSSR count). The number of rotatable bonds is 4. The maximum absolute atomic E-state index is 5.88. The Morgan fingerprint density at radius 1 is 1.50 bits per heavy atom. The van der Waals surface area contributed by atoms with Crippen LogP contribution in [-0.4, -0.2) is 15.8 Å². The molecule has 0 bridgehead atoms. The number of hydrogen-bond acceptors (Lipinski definition) is 3. The quantitative estimate of drug-likeness (QED) is 0.653. The number of nitrogens with zero attached hydrogens (tertiary/aromatic N) is 2. The van der Waals surface area contributed by atoms with E-state index in [1.165, 1.54) is 31.4 Å². The van der Waals surface area contributed by atoms with Crippen LogP contribution in [-0.2, 0) is 13.5 Å². The lowest BCUT2D eigenvalue weighted by Crippen LogP contribution is -2.49. The maximum Gasteiger partial charge on any atom is 0.0738 e. The van der Waals surface area contributed by atoms with E-state index in [-0.39, 0.29) is 0 Å². The first-order valence-electron chi connectivity index (χ1n) is 7.51. The van der Waals surface area contributed by atoms with E-state index < -0.39 is 0 Å². The second-order valence-corrected chi connectivity index (χ2v) is 7.58. The Hall–Kier alpha value is -0.390. The van der Waals surface area contributed by atoms with Gasteiger partial charge < -0.3 is 0 Å². The Balaban J connectivity index is 2.20. The predicted molar refractivity (Wildman–Crippen MR) is 86.2 cm³/mol. The fraction of sp³-hybridized carbons (Fsp3) is 0.800. The minimum absolute atomic E-state index is 0.302. The molecule has 0 radical (unpaired) electrons. The molecule has 1 heterocycles. The third kappa shape index (κ3) is 3.10. The molecule has 0 saturated heterocycles. The average molecular weight is 343 g/mol. The number of aryl methyl sites for hydroxylation is 2. The van der Waals surface area contributed by atoms with Crippen LogP contribution in [0.3, 0.4) is 0 Å². The van der Waals surface area contributed by atoms with Crippen LogP contribution in [0.25, 0.3) is 0 Å². The topological polar surface area (TPSA) is 55.9 Å². The summed E-state index contributed by atoms with van der Waals surface area (Å²) in [6.07, 6.45) is 6.13. The van der Waals surface area contributed by atoms with Crippen molar-refractivity contribution in [3.8, 4) is 0 Å². The summed E-state index contributed by atoms with van der Waals surface area (Å²) in [5.41, 5.74) is 5.71. The van der Waals surface area contributed by atoms with Gasteiger partial charge in [0.1, 0.15) is 0 Å². The highest BCUT2D eigenvalue weighted by Gasteiger charge is 2.37. The van der Waals surface area contributed by atoms with Gasteiger partial charge in [-0.25, -0.2) is 0 Å². The zero-order chi connectivity index (χ0) is 14.9. The second kappa shape index (κ2) is 6.16. The molecule has 0 aliphatic heterocycles. The Morgan fingerprint density at radius 2 is 2.20 bits per heavy atom. The monoisotopic (exact) mass is 342 g/mol. The largest absolute Gasteiger partial charge is 0.271 e. The molecule has 0 amide bonds.